The number of nitrogens with one attached hydrogen (secondary N) is 2. The van der Waals surface area contributed by atoms with Gasteiger partial charge in [-0.15, -0.1) is 0 Å². The molecule has 0 saturated heterocycles. The lowest BCUT2D eigenvalue weighted by Crippen LogP contribution is -2.38. The maximum absolute atomic E-state index is 12.1. The van der Waals surface area contributed by atoms with Gasteiger partial charge >= 0.3 is 0 Å². The van der Waals surface area contributed by atoms with Crippen LogP contribution in [0.25, 0.3) is 0 Å². The van der Waals surface area contributed by atoms with E-state index >= 15 is 0 Å². The van der Waals surface area contributed by atoms with Crippen molar-refractivity contribution in [3.8, 4) is 0 Å². The van der Waals surface area contributed by atoms with Crippen LogP contribution in [0.4, 0.5) is 5.69 Å². The molecule has 1 aromatic rings. The molecular formula is C14H20N2O4. The normalized spacial score (nSPS) is 11.8. The van der Waals surface area contributed by atoms with Gasteiger partial charge in [0.2, 0.25) is 5.91 Å². The van der Waals surface area contributed by atoms with Gasteiger partial charge < -0.3 is 20.5 Å². The molecule has 0 fully saturated rings. The average molecular weight is 280 g/mol. The summed E-state index contributed by atoms with van der Waals surface area (Å²) in [6.45, 7) is 1.71. The Morgan fingerprint density at radius 3 is 2.75 bits per heavy atom. The number of anilines is 1. The van der Waals surface area contributed by atoms with Crippen molar-refractivity contribution >= 4 is 17.5 Å². The zero-order valence-electron chi connectivity index (χ0n) is 11.7. The number of benzene rings is 1. The van der Waals surface area contributed by atoms with Gasteiger partial charge in [-0.1, -0.05) is 6.07 Å². The molecule has 1 atom stereocenters. The molecule has 0 heterocycles. The van der Waals surface area contributed by atoms with Crippen molar-refractivity contribution in [2.45, 2.75) is 19.4 Å². The Kier molecular flexibility index (Phi) is 6.69. The van der Waals surface area contributed by atoms with E-state index in [4.69, 9.17) is 9.84 Å². The lowest BCUT2D eigenvalue weighted by molar-refractivity contribution is -0.114. The van der Waals surface area contributed by atoms with Crippen molar-refractivity contribution in [2.75, 3.05) is 25.6 Å². The van der Waals surface area contributed by atoms with Gasteiger partial charge in [-0.05, 0) is 24.6 Å². The second-order valence-electron chi connectivity index (χ2n) is 4.40. The van der Waals surface area contributed by atoms with Gasteiger partial charge in [0.05, 0.1) is 12.6 Å². The van der Waals surface area contributed by atoms with Crippen LogP contribution in [0.3, 0.4) is 0 Å². The molecule has 110 valence electrons. The van der Waals surface area contributed by atoms with Gasteiger partial charge in [-0.2, -0.15) is 0 Å². The standard InChI is InChI=1S/C14H20N2O4/c1-10(18)15-12-5-3-4-11(8-12)14(19)16-13(6-7-17)9-20-2/h3-5,8,13,17H,6-7,9H2,1-2H3,(H,15,18)(H,16,19). The lowest BCUT2D eigenvalue weighted by atomic mass is 10.1. The molecular weight excluding hydrogens is 260 g/mol. The number of carbonyl (C=O) groups excluding carboxylic acids is 2. The number of methoxy groups -OCH3 is 1. The zero-order valence-corrected chi connectivity index (χ0v) is 11.7. The Hall–Kier alpha value is -1.92. The third-order valence-corrected chi connectivity index (χ3v) is 2.63. The minimum absolute atomic E-state index is 0.0275. The Bertz CT molecular complexity index is 456. The molecule has 0 radical (unpaired) electrons. The van der Waals surface area contributed by atoms with E-state index in [1.54, 1.807) is 24.3 Å². The molecule has 0 aliphatic heterocycles. The van der Waals surface area contributed by atoms with E-state index in [9.17, 15) is 9.59 Å². The topological polar surface area (TPSA) is 87.7 Å². The lowest BCUT2D eigenvalue weighted by Gasteiger charge is -2.17. The number of aliphatic hydroxyl groups is 1. The van der Waals surface area contributed by atoms with E-state index < -0.39 is 0 Å². The monoisotopic (exact) mass is 280 g/mol. The summed E-state index contributed by atoms with van der Waals surface area (Å²) in [6.07, 6.45) is 0.422. The fraction of sp³-hybridized carbons (Fsp3) is 0.429. The quantitative estimate of drug-likeness (QED) is 0.688. The molecule has 1 aromatic carbocycles. The molecule has 1 unspecified atom stereocenters. The van der Waals surface area contributed by atoms with Crippen LogP contribution in [-0.2, 0) is 9.53 Å². The van der Waals surface area contributed by atoms with Crippen molar-refractivity contribution in [1.29, 1.82) is 0 Å². The van der Waals surface area contributed by atoms with Crippen LogP contribution < -0.4 is 10.6 Å². The van der Waals surface area contributed by atoms with Gasteiger partial charge in [0.25, 0.3) is 5.91 Å². The third kappa shape index (κ3) is 5.38. The van der Waals surface area contributed by atoms with Crippen LogP contribution in [0, 0.1) is 0 Å². The van der Waals surface area contributed by atoms with Gasteiger partial charge in [-0.3, -0.25) is 9.59 Å². The maximum Gasteiger partial charge on any atom is 0.251 e. The van der Waals surface area contributed by atoms with Crippen LogP contribution in [0.2, 0.25) is 0 Å². The summed E-state index contributed by atoms with van der Waals surface area (Å²) in [4.78, 5) is 23.1. The van der Waals surface area contributed by atoms with Crippen LogP contribution in [0.1, 0.15) is 23.7 Å². The van der Waals surface area contributed by atoms with E-state index in [0.717, 1.165) is 0 Å². The van der Waals surface area contributed by atoms with E-state index in [0.29, 0.717) is 24.3 Å². The summed E-state index contributed by atoms with van der Waals surface area (Å²) in [5, 5.41) is 14.3. The molecule has 0 bridgehead atoms. The minimum atomic E-state index is -0.271. The first-order valence-corrected chi connectivity index (χ1v) is 6.35. The molecule has 0 aliphatic rings. The fourth-order valence-electron chi connectivity index (χ4n) is 1.76. The molecule has 0 saturated carbocycles. The smallest absolute Gasteiger partial charge is 0.251 e. The fourth-order valence-corrected chi connectivity index (χ4v) is 1.76. The van der Waals surface area contributed by atoms with E-state index in [1.165, 1.54) is 14.0 Å². The van der Waals surface area contributed by atoms with E-state index in [-0.39, 0.29) is 24.5 Å². The van der Waals surface area contributed by atoms with Crippen LogP contribution in [0.15, 0.2) is 24.3 Å². The third-order valence-electron chi connectivity index (χ3n) is 2.63. The van der Waals surface area contributed by atoms with Gasteiger partial charge in [0.1, 0.15) is 0 Å². The van der Waals surface area contributed by atoms with Crippen molar-refractivity contribution in [3.63, 3.8) is 0 Å². The molecule has 3 N–H and O–H groups in total. The molecule has 0 spiro atoms. The first kappa shape index (κ1) is 16.1. The van der Waals surface area contributed by atoms with E-state index in [1.807, 2.05) is 0 Å². The Morgan fingerprint density at radius 2 is 2.15 bits per heavy atom. The predicted molar refractivity (Wildman–Crippen MR) is 75.6 cm³/mol. The van der Waals surface area contributed by atoms with Crippen LogP contribution in [-0.4, -0.2) is 43.3 Å². The minimum Gasteiger partial charge on any atom is -0.396 e. The average Bonchev–Trinajstić information content (AvgIpc) is 2.38. The number of hydrogen-bond acceptors (Lipinski definition) is 4. The molecule has 6 heteroatoms. The van der Waals surface area contributed by atoms with Crippen molar-refractivity contribution in [3.05, 3.63) is 29.8 Å². The van der Waals surface area contributed by atoms with Crippen molar-refractivity contribution < 1.29 is 19.4 Å². The number of amides is 2. The summed E-state index contributed by atoms with van der Waals surface area (Å²) in [7, 11) is 1.54. The molecule has 0 aliphatic carbocycles. The molecule has 2 amide bonds. The number of ether oxygens (including phenoxy) is 1. The Labute approximate surface area is 118 Å². The van der Waals surface area contributed by atoms with Gasteiger partial charge in [-0.25, -0.2) is 0 Å². The highest BCUT2D eigenvalue weighted by Crippen LogP contribution is 2.11. The Balaban J connectivity index is 2.72. The van der Waals surface area contributed by atoms with Crippen LogP contribution >= 0.6 is 0 Å². The summed E-state index contributed by atoms with van der Waals surface area (Å²) in [6, 6.07) is 6.40. The largest absolute Gasteiger partial charge is 0.396 e. The summed E-state index contributed by atoms with van der Waals surface area (Å²) < 4.78 is 4.99. The highest BCUT2D eigenvalue weighted by Gasteiger charge is 2.13. The van der Waals surface area contributed by atoms with Crippen LogP contribution in [0.5, 0.6) is 0 Å². The molecule has 1 rings (SSSR count). The zero-order chi connectivity index (χ0) is 15.0. The van der Waals surface area contributed by atoms with Gasteiger partial charge in [0.15, 0.2) is 0 Å². The first-order valence-electron chi connectivity index (χ1n) is 6.35. The molecule has 20 heavy (non-hydrogen) atoms. The predicted octanol–water partition coefficient (Wildman–Crippen LogP) is 0.772. The number of aliphatic hydroxyl groups excluding tert-OH is 1. The molecule has 0 aromatic heterocycles. The first-order chi connectivity index (χ1) is 9.56. The number of rotatable bonds is 7. The highest BCUT2D eigenvalue weighted by molar-refractivity contribution is 5.96. The summed E-state index contributed by atoms with van der Waals surface area (Å²) in [5.41, 5.74) is 1.01. The maximum atomic E-state index is 12.1. The molecule has 6 nitrogen and oxygen atoms in total. The highest BCUT2D eigenvalue weighted by atomic mass is 16.5. The van der Waals surface area contributed by atoms with Gasteiger partial charge in [0, 0.05) is 31.9 Å². The summed E-state index contributed by atoms with van der Waals surface area (Å²) in [5.74, 6) is -0.465. The second kappa shape index (κ2) is 8.29. The summed E-state index contributed by atoms with van der Waals surface area (Å²) >= 11 is 0. The Morgan fingerprint density at radius 1 is 1.40 bits per heavy atom. The number of carbonyl (C=O) groups is 2. The van der Waals surface area contributed by atoms with Crippen molar-refractivity contribution in [1.82, 2.24) is 5.32 Å². The van der Waals surface area contributed by atoms with E-state index in [2.05, 4.69) is 10.6 Å². The second-order valence-corrected chi connectivity index (χ2v) is 4.40. The van der Waals surface area contributed by atoms with Crippen molar-refractivity contribution in [2.24, 2.45) is 0 Å². The SMILES string of the molecule is COCC(CCO)NC(=O)c1cccc(NC(C)=O)c1. The number of hydrogen-bond donors (Lipinski definition) is 3.